The van der Waals surface area contributed by atoms with Crippen LogP contribution in [-0.2, 0) is 9.59 Å². The Labute approximate surface area is 136 Å². The zero-order valence-electron chi connectivity index (χ0n) is 7.23. The van der Waals surface area contributed by atoms with Gasteiger partial charge in [-0.3, -0.25) is 0 Å². The molecule has 0 rings (SSSR count). The van der Waals surface area contributed by atoms with Crippen LogP contribution in [0.3, 0.4) is 0 Å². The standard InChI is InChI=1S/C4H4O4.3Na.H2O/c5-3(6)1-2-4(7)8;;;;/h1-2H,(H,5,6)(H,7,8);;;;1H2/q;3*+1;/p-3/b2-1-;;;;. The fraction of sp³-hybridized carbons (Fsp3) is 0. The summed E-state index contributed by atoms with van der Waals surface area (Å²) in [6, 6.07) is 0. The van der Waals surface area contributed by atoms with Crippen molar-refractivity contribution in [1.82, 2.24) is 0 Å². The molecule has 0 aliphatic carbocycles. The van der Waals surface area contributed by atoms with Crippen molar-refractivity contribution in [3.05, 3.63) is 12.2 Å². The number of hydrogen-bond donors (Lipinski definition) is 0. The van der Waals surface area contributed by atoms with Gasteiger partial charge >= 0.3 is 88.7 Å². The molecule has 0 saturated carbocycles. The molecule has 12 heavy (non-hydrogen) atoms. The molecule has 0 aromatic heterocycles. The molecular formula is C4H3Na3O5. The quantitative estimate of drug-likeness (QED) is 0.324. The first-order chi connectivity index (χ1) is 3.63. The van der Waals surface area contributed by atoms with Crippen LogP contribution in [-0.4, -0.2) is 17.4 Å². The van der Waals surface area contributed by atoms with E-state index in [2.05, 4.69) is 0 Å². The minimum absolute atomic E-state index is 0. The van der Waals surface area contributed by atoms with E-state index in [0.29, 0.717) is 12.2 Å². The first kappa shape index (κ1) is 29.2. The fourth-order valence-corrected chi connectivity index (χ4v) is 0.136. The Morgan fingerprint density at radius 3 is 1.08 bits per heavy atom. The summed E-state index contributed by atoms with van der Waals surface area (Å²) in [5.41, 5.74) is 0. The summed E-state index contributed by atoms with van der Waals surface area (Å²) in [5, 5.41) is 18.8. The smallest absolute Gasteiger partial charge is 0.870 e. The van der Waals surface area contributed by atoms with Gasteiger partial charge in [-0.2, -0.15) is 0 Å². The molecule has 0 radical (unpaired) electrons. The van der Waals surface area contributed by atoms with Gasteiger partial charge in [0.05, 0.1) is 11.9 Å². The summed E-state index contributed by atoms with van der Waals surface area (Å²) in [5.74, 6) is -3.09. The van der Waals surface area contributed by atoms with Crippen LogP contribution in [0.2, 0.25) is 0 Å². The third-order valence-electron chi connectivity index (χ3n) is 0.355. The van der Waals surface area contributed by atoms with Crippen LogP contribution in [0.5, 0.6) is 0 Å². The summed E-state index contributed by atoms with van der Waals surface area (Å²) in [4.78, 5) is 18.8. The number of carboxylic acids is 2. The number of carbonyl (C=O) groups is 2. The second-order valence-electron chi connectivity index (χ2n) is 0.971. The molecule has 0 bridgehead atoms. The largest absolute Gasteiger partial charge is 1.00 e. The van der Waals surface area contributed by atoms with Crippen molar-refractivity contribution in [3.63, 3.8) is 0 Å². The van der Waals surface area contributed by atoms with E-state index < -0.39 is 11.9 Å². The zero-order valence-corrected chi connectivity index (χ0v) is 13.2. The summed E-state index contributed by atoms with van der Waals surface area (Å²) in [6.45, 7) is 0. The van der Waals surface area contributed by atoms with Crippen LogP contribution in [0.15, 0.2) is 12.2 Å². The minimum atomic E-state index is -1.55. The van der Waals surface area contributed by atoms with Crippen molar-refractivity contribution in [2.75, 3.05) is 0 Å². The number of rotatable bonds is 2. The van der Waals surface area contributed by atoms with Crippen molar-refractivity contribution in [2.45, 2.75) is 0 Å². The molecule has 0 aromatic carbocycles. The van der Waals surface area contributed by atoms with Gasteiger partial charge in [0.25, 0.3) is 0 Å². The molecule has 52 valence electrons. The first-order valence-corrected chi connectivity index (χ1v) is 1.73. The third-order valence-corrected chi connectivity index (χ3v) is 0.355. The van der Waals surface area contributed by atoms with Crippen LogP contribution < -0.4 is 98.9 Å². The number of aliphatic carboxylic acids is 2. The van der Waals surface area contributed by atoms with E-state index in [-0.39, 0.29) is 94.1 Å². The molecule has 0 amide bonds. The second kappa shape index (κ2) is 18.4. The van der Waals surface area contributed by atoms with Gasteiger partial charge in [-0.05, 0) is 12.2 Å². The van der Waals surface area contributed by atoms with E-state index in [1.165, 1.54) is 0 Å². The van der Waals surface area contributed by atoms with Gasteiger partial charge in [-0.1, -0.05) is 0 Å². The summed E-state index contributed by atoms with van der Waals surface area (Å²) < 4.78 is 0. The normalized spacial score (nSPS) is 6.33. The van der Waals surface area contributed by atoms with Gasteiger partial charge in [-0.15, -0.1) is 0 Å². The minimum Gasteiger partial charge on any atom is -0.870 e. The number of carboxylic acid groups (broad SMARTS) is 2. The van der Waals surface area contributed by atoms with Crippen LogP contribution >= 0.6 is 0 Å². The molecule has 0 fully saturated rings. The molecule has 0 aromatic rings. The Morgan fingerprint density at radius 1 is 0.833 bits per heavy atom. The maximum absolute atomic E-state index is 9.41. The van der Waals surface area contributed by atoms with Gasteiger partial charge in [0, 0.05) is 0 Å². The predicted molar refractivity (Wildman–Crippen MR) is 21.1 cm³/mol. The molecule has 0 spiro atoms. The van der Waals surface area contributed by atoms with Gasteiger partial charge in [0.1, 0.15) is 0 Å². The fourth-order valence-electron chi connectivity index (χ4n) is 0.136. The molecule has 0 aliphatic heterocycles. The van der Waals surface area contributed by atoms with E-state index in [9.17, 15) is 19.8 Å². The van der Waals surface area contributed by atoms with Crippen LogP contribution in [0, 0.1) is 0 Å². The van der Waals surface area contributed by atoms with Crippen LogP contribution in [0.4, 0.5) is 0 Å². The van der Waals surface area contributed by atoms with Gasteiger partial charge in [0.15, 0.2) is 0 Å². The Bertz CT molecular complexity index is 130. The first-order valence-electron chi connectivity index (χ1n) is 1.73. The zero-order chi connectivity index (χ0) is 6.57. The SMILES string of the molecule is O=C([O-])/C=C\C(=O)[O-].[Na+].[Na+].[Na+].[OH-]. The van der Waals surface area contributed by atoms with Gasteiger partial charge in [0.2, 0.25) is 0 Å². The van der Waals surface area contributed by atoms with Crippen molar-refractivity contribution >= 4 is 11.9 Å². The number of hydrogen-bond acceptors (Lipinski definition) is 5. The summed E-state index contributed by atoms with van der Waals surface area (Å²) >= 11 is 0. The second-order valence-corrected chi connectivity index (χ2v) is 0.971. The van der Waals surface area contributed by atoms with Crippen LogP contribution in [0.25, 0.3) is 0 Å². The van der Waals surface area contributed by atoms with E-state index in [1.807, 2.05) is 0 Å². The maximum atomic E-state index is 9.41. The van der Waals surface area contributed by atoms with E-state index in [4.69, 9.17) is 0 Å². The van der Waals surface area contributed by atoms with Crippen molar-refractivity contribution in [3.8, 4) is 0 Å². The monoisotopic (exact) mass is 200 g/mol. The topological polar surface area (TPSA) is 110 Å². The predicted octanol–water partition coefficient (Wildman–Crippen LogP) is -12.1. The van der Waals surface area contributed by atoms with Crippen molar-refractivity contribution in [1.29, 1.82) is 0 Å². The molecule has 0 saturated heterocycles. The van der Waals surface area contributed by atoms with E-state index in [1.54, 1.807) is 0 Å². The number of carbonyl (C=O) groups excluding carboxylic acids is 2. The Balaban J connectivity index is -0.0000000408. The summed E-state index contributed by atoms with van der Waals surface area (Å²) in [6.07, 6.45) is 0.769. The van der Waals surface area contributed by atoms with Crippen molar-refractivity contribution in [2.24, 2.45) is 0 Å². The average molecular weight is 200 g/mol. The molecule has 0 heterocycles. The molecule has 0 atom stereocenters. The summed E-state index contributed by atoms with van der Waals surface area (Å²) in [7, 11) is 0. The Hall–Kier alpha value is 1.64. The van der Waals surface area contributed by atoms with Gasteiger partial charge < -0.3 is 25.3 Å². The molecule has 1 N–H and O–H groups in total. The van der Waals surface area contributed by atoms with Gasteiger partial charge in [-0.25, -0.2) is 0 Å². The Morgan fingerprint density at radius 2 is 1.00 bits per heavy atom. The third kappa shape index (κ3) is 29.9. The molecular weight excluding hydrogens is 197 g/mol. The molecule has 5 nitrogen and oxygen atoms in total. The van der Waals surface area contributed by atoms with E-state index >= 15 is 0 Å². The molecule has 0 aliphatic rings. The van der Waals surface area contributed by atoms with Crippen LogP contribution in [0.1, 0.15) is 0 Å². The molecule has 0 unspecified atom stereocenters. The molecule has 8 heteroatoms. The average Bonchev–Trinajstić information content (AvgIpc) is 1.61. The maximum Gasteiger partial charge on any atom is 1.00 e. The Kier molecular flexibility index (Phi) is 44.8. The van der Waals surface area contributed by atoms with Crippen molar-refractivity contribution < 1.29 is 114 Å². The van der Waals surface area contributed by atoms with E-state index in [0.717, 1.165) is 0 Å².